The van der Waals surface area contributed by atoms with E-state index in [2.05, 4.69) is 9.97 Å². The fourth-order valence-electron chi connectivity index (χ4n) is 2.97. The van der Waals surface area contributed by atoms with Crippen LogP contribution in [0.15, 0.2) is 42.2 Å². The summed E-state index contributed by atoms with van der Waals surface area (Å²) in [6.45, 7) is 0.120. The lowest BCUT2D eigenvalue weighted by molar-refractivity contribution is 0.411. The predicted molar refractivity (Wildman–Crippen MR) is 104 cm³/mol. The first kappa shape index (κ1) is 16.8. The van der Waals surface area contributed by atoms with Crippen LogP contribution >= 0.6 is 23.2 Å². The Balaban J connectivity index is 1.74. The second-order valence-corrected chi connectivity index (χ2v) is 6.58. The number of fused-ring (bicyclic) bond motifs is 1. The lowest BCUT2D eigenvalue weighted by atomic mass is 10.2. The number of nitrogens with zero attached hydrogens (tertiary/aromatic N) is 2. The monoisotopic (exact) mass is 388 g/mol. The first-order valence-electron chi connectivity index (χ1n) is 7.76. The Morgan fingerprint density at radius 1 is 1.27 bits per heavy atom. The van der Waals surface area contributed by atoms with E-state index in [9.17, 15) is 5.11 Å². The number of methoxy groups -OCH3 is 1. The van der Waals surface area contributed by atoms with Crippen molar-refractivity contribution >= 4 is 51.3 Å². The zero-order chi connectivity index (χ0) is 18.4. The van der Waals surface area contributed by atoms with Crippen molar-refractivity contribution in [1.82, 2.24) is 9.97 Å². The molecule has 0 aliphatic carbocycles. The number of hydrogen-bond acceptors (Lipinski definition) is 4. The summed E-state index contributed by atoms with van der Waals surface area (Å²) in [5, 5.41) is 19.7. The van der Waals surface area contributed by atoms with E-state index < -0.39 is 0 Å². The van der Waals surface area contributed by atoms with Crippen molar-refractivity contribution in [3.63, 3.8) is 0 Å². The number of nitrogens with one attached hydrogen (secondary N) is 2. The maximum Gasteiger partial charge on any atom is 0.145 e. The van der Waals surface area contributed by atoms with Crippen molar-refractivity contribution in [2.45, 2.75) is 0 Å². The largest absolute Gasteiger partial charge is 0.509 e. The Bertz CT molecular complexity index is 1070. The van der Waals surface area contributed by atoms with E-state index in [4.69, 9.17) is 33.3 Å². The second-order valence-electron chi connectivity index (χ2n) is 5.80. The van der Waals surface area contributed by atoms with Crippen molar-refractivity contribution in [1.29, 1.82) is 5.41 Å². The van der Waals surface area contributed by atoms with Gasteiger partial charge in [0.2, 0.25) is 0 Å². The molecule has 2 aromatic carbocycles. The van der Waals surface area contributed by atoms with E-state index in [0.717, 1.165) is 5.52 Å². The minimum Gasteiger partial charge on any atom is -0.509 e. The Labute approximate surface area is 159 Å². The quantitative estimate of drug-likeness (QED) is 0.609. The van der Waals surface area contributed by atoms with Gasteiger partial charge in [0.1, 0.15) is 23.2 Å². The summed E-state index contributed by atoms with van der Waals surface area (Å²) in [5.41, 5.74) is 2.36. The van der Waals surface area contributed by atoms with E-state index in [0.29, 0.717) is 38.4 Å². The highest BCUT2D eigenvalue weighted by molar-refractivity contribution is 6.44. The van der Waals surface area contributed by atoms with Gasteiger partial charge in [-0.2, -0.15) is 0 Å². The molecule has 0 unspecified atom stereocenters. The van der Waals surface area contributed by atoms with Gasteiger partial charge >= 0.3 is 0 Å². The summed E-state index contributed by atoms with van der Waals surface area (Å²) in [4.78, 5) is 9.21. The van der Waals surface area contributed by atoms with Crippen LogP contribution in [0.4, 0.5) is 5.69 Å². The molecule has 2 heterocycles. The maximum atomic E-state index is 10.5. The van der Waals surface area contributed by atoms with E-state index in [1.165, 1.54) is 0 Å². The van der Waals surface area contributed by atoms with Gasteiger partial charge < -0.3 is 19.7 Å². The van der Waals surface area contributed by atoms with E-state index in [1.54, 1.807) is 36.3 Å². The van der Waals surface area contributed by atoms with Gasteiger partial charge in [-0.1, -0.05) is 29.3 Å². The Morgan fingerprint density at radius 3 is 2.85 bits per heavy atom. The average molecular weight is 389 g/mol. The average Bonchev–Trinajstić information content (AvgIpc) is 3.16. The van der Waals surface area contributed by atoms with Crippen molar-refractivity contribution in [2.75, 3.05) is 18.6 Å². The van der Waals surface area contributed by atoms with Crippen LogP contribution < -0.4 is 9.64 Å². The molecular weight excluding hydrogens is 375 g/mol. The SMILES string of the molecule is COc1ccc2nc(C3=C(O)CN(c4cccc(Cl)c4Cl)C3=N)[nH]c2c1. The molecule has 0 spiro atoms. The number of H-pyrrole nitrogens is 1. The van der Waals surface area contributed by atoms with Crippen LogP contribution in [0.2, 0.25) is 10.0 Å². The molecule has 8 heteroatoms. The minimum absolute atomic E-state index is 0.0389. The standard InChI is InChI=1S/C18H14Cl2N4O2/c1-26-9-5-6-11-12(7-9)23-18(22-11)15-14(25)8-24(17(15)21)13-4-2-3-10(19)16(13)20/h2-7,21,25H,8H2,1H3,(H,22,23). The molecule has 0 amide bonds. The van der Waals surface area contributed by atoms with Crippen LogP contribution in [0, 0.1) is 5.41 Å². The molecule has 1 aliphatic heterocycles. The van der Waals surface area contributed by atoms with Crippen LogP contribution in [0.5, 0.6) is 5.75 Å². The number of benzene rings is 2. The molecule has 1 aliphatic rings. The number of hydrogen-bond donors (Lipinski definition) is 3. The highest BCUT2D eigenvalue weighted by Gasteiger charge is 2.32. The molecule has 1 aromatic heterocycles. The van der Waals surface area contributed by atoms with Gasteiger partial charge in [-0.3, -0.25) is 5.41 Å². The third kappa shape index (κ3) is 2.58. The van der Waals surface area contributed by atoms with E-state index in [1.807, 2.05) is 12.1 Å². The Morgan fingerprint density at radius 2 is 2.08 bits per heavy atom. The molecular formula is C18H14Cl2N4O2. The van der Waals surface area contributed by atoms with Crippen LogP contribution in [-0.4, -0.2) is 34.6 Å². The molecule has 0 saturated heterocycles. The van der Waals surface area contributed by atoms with Gasteiger partial charge in [-0.25, -0.2) is 4.98 Å². The van der Waals surface area contributed by atoms with Crippen molar-refractivity contribution in [3.05, 3.63) is 58.0 Å². The molecule has 3 N–H and O–H groups in total. The van der Waals surface area contributed by atoms with Crippen molar-refractivity contribution in [3.8, 4) is 5.75 Å². The molecule has 6 nitrogen and oxygen atoms in total. The maximum absolute atomic E-state index is 10.5. The fraction of sp³-hybridized carbons (Fsp3) is 0.111. The lowest BCUT2D eigenvalue weighted by Crippen LogP contribution is -2.26. The Hall–Kier alpha value is -2.70. The summed E-state index contributed by atoms with van der Waals surface area (Å²) >= 11 is 12.3. The van der Waals surface area contributed by atoms with Gasteiger partial charge in [0.25, 0.3) is 0 Å². The minimum atomic E-state index is 0.0389. The summed E-state index contributed by atoms with van der Waals surface area (Å²) in [6, 6.07) is 10.6. The van der Waals surface area contributed by atoms with Crippen molar-refractivity contribution in [2.24, 2.45) is 0 Å². The molecule has 0 radical (unpaired) electrons. The van der Waals surface area contributed by atoms with Crippen LogP contribution in [0.25, 0.3) is 16.6 Å². The number of anilines is 1. The molecule has 4 rings (SSSR count). The van der Waals surface area contributed by atoms with E-state index in [-0.39, 0.29) is 18.1 Å². The number of amidine groups is 1. The molecule has 0 saturated carbocycles. The molecule has 132 valence electrons. The molecule has 0 bridgehead atoms. The number of ether oxygens (including phenoxy) is 1. The number of aliphatic hydroxyl groups is 1. The molecule has 0 fully saturated rings. The number of rotatable bonds is 3. The number of aliphatic hydroxyl groups excluding tert-OH is 1. The lowest BCUT2D eigenvalue weighted by Gasteiger charge is -2.20. The van der Waals surface area contributed by atoms with Gasteiger partial charge in [0.05, 0.1) is 46.0 Å². The van der Waals surface area contributed by atoms with Crippen LogP contribution in [0.3, 0.4) is 0 Å². The number of aromatic amines is 1. The van der Waals surface area contributed by atoms with Gasteiger partial charge in [0.15, 0.2) is 0 Å². The van der Waals surface area contributed by atoms with Gasteiger partial charge in [0, 0.05) is 6.07 Å². The summed E-state index contributed by atoms with van der Waals surface area (Å²) < 4.78 is 5.21. The highest BCUT2D eigenvalue weighted by Crippen LogP contribution is 2.37. The Kier molecular flexibility index (Phi) is 4.01. The fourth-order valence-corrected chi connectivity index (χ4v) is 3.37. The zero-order valence-electron chi connectivity index (χ0n) is 13.7. The van der Waals surface area contributed by atoms with Crippen LogP contribution in [-0.2, 0) is 0 Å². The van der Waals surface area contributed by atoms with Gasteiger partial charge in [-0.15, -0.1) is 0 Å². The predicted octanol–water partition coefficient (Wildman–Crippen LogP) is 4.64. The van der Waals surface area contributed by atoms with Crippen molar-refractivity contribution < 1.29 is 9.84 Å². The zero-order valence-corrected chi connectivity index (χ0v) is 15.2. The highest BCUT2D eigenvalue weighted by atomic mass is 35.5. The summed E-state index contributed by atoms with van der Waals surface area (Å²) in [5.74, 6) is 1.24. The first-order valence-corrected chi connectivity index (χ1v) is 8.52. The molecule has 0 atom stereocenters. The molecule has 26 heavy (non-hydrogen) atoms. The van der Waals surface area contributed by atoms with E-state index >= 15 is 0 Å². The third-order valence-corrected chi connectivity index (χ3v) is 5.06. The number of aromatic nitrogens is 2. The second kappa shape index (κ2) is 6.23. The normalized spacial score (nSPS) is 14.6. The smallest absolute Gasteiger partial charge is 0.145 e. The number of imidazole rings is 1. The third-order valence-electron chi connectivity index (χ3n) is 4.25. The van der Waals surface area contributed by atoms with Crippen LogP contribution in [0.1, 0.15) is 5.82 Å². The van der Waals surface area contributed by atoms with Gasteiger partial charge in [-0.05, 0) is 24.3 Å². The summed E-state index contributed by atoms with van der Waals surface area (Å²) in [7, 11) is 1.59. The first-order chi connectivity index (χ1) is 12.5. The topological polar surface area (TPSA) is 85.2 Å². The number of halogens is 2. The molecule has 3 aromatic rings. The summed E-state index contributed by atoms with van der Waals surface area (Å²) in [6.07, 6.45) is 0.